The minimum Gasteiger partial charge on any atom is -0.456 e. The van der Waals surface area contributed by atoms with Crippen molar-refractivity contribution in [3.05, 3.63) is 115 Å². The van der Waals surface area contributed by atoms with Gasteiger partial charge in [-0.25, -0.2) is 4.98 Å². The number of imidazole rings is 1. The van der Waals surface area contributed by atoms with Gasteiger partial charge in [-0.1, -0.05) is 60.7 Å². The van der Waals surface area contributed by atoms with Crippen LogP contribution in [0, 0.1) is 0 Å². The number of benzene rings is 4. The maximum absolute atomic E-state index is 6.01. The fraction of sp³-hybridized carbons (Fsp3) is 0. The number of fused-ring (bicyclic) bond motifs is 8. The SMILES string of the molecule is c1ccc2c(c1)oc1ccc(-c3ccc(-n4c5ccccc5c5nc6ccccn6c54)cc3)cc12. The molecule has 4 heterocycles. The van der Waals surface area contributed by atoms with Crippen molar-refractivity contribution in [2.75, 3.05) is 0 Å². The second-order valence-electron chi connectivity index (χ2n) is 8.92. The van der Waals surface area contributed by atoms with E-state index in [0.717, 1.165) is 55.3 Å². The fourth-order valence-corrected chi connectivity index (χ4v) is 5.33. The van der Waals surface area contributed by atoms with Crippen molar-refractivity contribution in [2.45, 2.75) is 0 Å². The molecule has 0 saturated carbocycles. The van der Waals surface area contributed by atoms with E-state index in [1.54, 1.807) is 0 Å². The predicted molar refractivity (Wildman–Crippen MR) is 142 cm³/mol. The van der Waals surface area contributed by atoms with Crippen LogP contribution in [0.25, 0.3) is 66.5 Å². The monoisotopic (exact) mass is 449 g/mol. The highest BCUT2D eigenvalue weighted by atomic mass is 16.3. The summed E-state index contributed by atoms with van der Waals surface area (Å²) in [6.07, 6.45) is 2.08. The van der Waals surface area contributed by atoms with E-state index in [2.05, 4.69) is 106 Å². The van der Waals surface area contributed by atoms with Crippen LogP contribution in [0.4, 0.5) is 0 Å². The summed E-state index contributed by atoms with van der Waals surface area (Å²) < 4.78 is 10.5. The first-order valence-electron chi connectivity index (χ1n) is 11.7. The molecular formula is C31H19N3O. The molecule has 164 valence electrons. The van der Waals surface area contributed by atoms with Crippen LogP contribution in [0.1, 0.15) is 0 Å². The second-order valence-corrected chi connectivity index (χ2v) is 8.92. The summed E-state index contributed by atoms with van der Waals surface area (Å²) in [5.41, 5.74) is 9.51. The van der Waals surface area contributed by atoms with Gasteiger partial charge in [0.05, 0.1) is 5.52 Å². The van der Waals surface area contributed by atoms with Gasteiger partial charge in [-0.05, 0) is 59.7 Å². The highest BCUT2D eigenvalue weighted by Crippen LogP contribution is 2.35. The standard InChI is InChI=1S/C31H19N3O/c1-3-9-26-24(8-1)30-31(33-18-6-5-11-29(33)32-30)34(26)22-15-12-20(13-16-22)21-14-17-28-25(19-21)23-7-2-4-10-27(23)35-28/h1-19H. The summed E-state index contributed by atoms with van der Waals surface area (Å²) in [6, 6.07) is 38.0. The number of para-hydroxylation sites is 2. The highest BCUT2D eigenvalue weighted by Gasteiger charge is 2.17. The molecule has 0 radical (unpaired) electrons. The zero-order chi connectivity index (χ0) is 22.9. The maximum Gasteiger partial charge on any atom is 0.150 e. The summed E-state index contributed by atoms with van der Waals surface area (Å²) >= 11 is 0. The predicted octanol–water partition coefficient (Wildman–Crippen LogP) is 8.00. The lowest BCUT2D eigenvalue weighted by molar-refractivity contribution is 0.669. The molecule has 0 amide bonds. The van der Waals surface area contributed by atoms with Crippen LogP contribution in [0.5, 0.6) is 0 Å². The Balaban J connectivity index is 1.32. The molecule has 0 fully saturated rings. The van der Waals surface area contributed by atoms with Gasteiger partial charge in [-0.3, -0.25) is 8.97 Å². The van der Waals surface area contributed by atoms with Crippen LogP contribution in [0.15, 0.2) is 120 Å². The second kappa shape index (κ2) is 6.84. The molecule has 8 aromatic rings. The highest BCUT2D eigenvalue weighted by molar-refractivity contribution is 6.08. The van der Waals surface area contributed by atoms with Gasteiger partial charge < -0.3 is 4.42 Å². The Morgan fingerprint density at radius 2 is 1.34 bits per heavy atom. The summed E-state index contributed by atoms with van der Waals surface area (Å²) in [5.74, 6) is 0. The van der Waals surface area contributed by atoms with Crippen molar-refractivity contribution in [1.29, 1.82) is 0 Å². The normalized spacial score (nSPS) is 12.0. The van der Waals surface area contributed by atoms with Crippen LogP contribution in [0.2, 0.25) is 0 Å². The van der Waals surface area contributed by atoms with Gasteiger partial charge in [0.15, 0.2) is 5.65 Å². The van der Waals surface area contributed by atoms with E-state index >= 15 is 0 Å². The molecule has 0 atom stereocenters. The zero-order valence-corrected chi connectivity index (χ0v) is 18.7. The molecule has 0 bridgehead atoms. The average Bonchev–Trinajstić information content (AvgIpc) is 3.57. The molecule has 0 spiro atoms. The third kappa shape index (κ3) is 2.59. The number of hydrogen-bond acceptors (Lipinski definition) is 2. The van der Waals surface area contributed by atoms with E-state index in [1.807, 2.05) is 18.2 Å². The Bertz CT molecular complexity index is 2050. The molecule has 0 aliphatic carbocycles. The first kappa shape index (κ1) is 18.6. The van der Waals surface area contributed by atoms with E-state index in [-0.39, 0.29) is 0 Å². The molecular weight excluding hydrogens is 430 g/mol. The van der Waals surface area contributed by atoms with E-state index in [1.165, 1.54) is 11.1 Å². The molecule has 0 N–H and O–H groups in total. The topological polar surface area (TPSA) is 35.4 Å². The van der Waals surface area contributed by atoms with E-state index in [9.17, 15) is 0 Å². The first-order valence-corrected chi connectivity index (χ1v) is 11.7. The van der Waals surface area contributed by atoms with Crippen LogP contribution in [0.3, 0.4) is 0 Å². The van der Waals surface area contributed by atoms with Gasteiger partial charge in [0.25, 0.3) is 0 Å². The molecule has 35 heavy (non-hydrogen) atoms. The molecule has 4 nitrogen and oxygen atoms in total. The third-order valence-electron chi connectivity index (χ3n) is 6.95. The molecule has 4 aromatic heterocycles. The van der Waals surface area contributed by atoms with Crippen LogP contribution < -0.4 is 0 Å². The van der Waals surface area contributed by atoms with E-state index < -0.39 is 0 Å². The van der Waals surface area contributed by atoms with Crippen molar-refractivity contribution in [3.63, 3.8) is 0 Å². The summed E-state index contributed by atoms with van der Waals surface area (Å²) in [7, 11) is 0. The van der Waals surface area contributed by atoms with Crippen molar-refractivity contribution in [1.82, 2.24) is 14.0 Å². The molecule has 4 aromatic carbocycles. The molecule has 0 aliphatic rings. The first-order chi connectivity index (χ1) is 17.3. The Hall–Kier alpha value is -4.83. The van der Waals surface area contributed by atoms with Crippen molar-refractivity contribution < 1.29 is 4.42 Å². The van der Waals surface area contributed by atoms with Gasteiger partial charge in [0, 0.05) is 28.0 Å². The Morgan fingerprint density at radius 1 is 0.600 bits per heavy atom. The minimum absolute atomic E-state index is 0.917. The number of rotatable bonds is 2. The van der Waals surface area contributed by atoms with Crippen LogP contribution in [-0.2, 0) is 0 Å². The molecule has 8 rings (SSSR count). The number of aromatic nitrogens is 3. The Morgan fingerprint density at radius 3 is 2.26 bits per heavy atom. The van der Waals surface area contributed by atoms with Crippen molar-refractivity contribution in [2.24, 2.45) is 0 Å². The Kier molecular flexibility index (Phi) is 3.63. The van der Waals surface area contributed by atoms with Gasteiger partial charge in [0.2, 0.25) is 0 Å². The lowest BCUT2D eigenvalue weighted by Gasteiger charge is -2.10. The maximum atomic E-state index is 6.01. The number of hydrogen-bond donors (Lipinski definition) is 0. The minimum atomic E-state index is 0.917. The lowest BCUT2D eigenvalue weighted by Crippen LogP contribution is -1.97. The number of pyridine rings is 1. The van der Waals surface area contributed by atoms with Gasteiger partial charge >= 0.3 is 0 Å². The largest absolute Gasteiger partial charge is 0.456 e. The summed E-state index contributed by atoms with van der Waals surface area (Å²) in [4.78, 5) is 4.94. The van der Waals surface area contributed by atoms with E-state index in [4.69, 9.17) is 9.40 Å². The van der Waals surface area contributed by atoms with Crippen molar-refractivity contribution >= 4 is 49.7 Å². The van der Waals surface area contributed by atoms with Crippen LogP contribution >= 0.6 is 0 Å². The van der Waals surface area contributed by atoms with Crippen LogP contribution in [-0.4, -0.2) is 14.0 Å². The number of nitrogens with zero attached hydrogens (tertiary/aromatic N) is 3. The van der Waals surface area contributed by atoms with Gasteiger partial charge in [-0.15, -0.1) is 0 Å². The lowest BCUT2D eigenvalue weighted by atomic mass is 10.0. The van der Waals surface area contributed by atoms with Crippen molar-refractivity contribution in [3.8, 4) is 16.8 Å². The van der Waals surface area contributed by atoms with Gasteiger partial charge in [0.1, 0.15) is 22.3 Å². The smallest absolute Gasteiger partial charge is 0.150 e. The molecule has 0 unspecified atom stereocenters. The molecule has 0 saturated heterocycles. The average molecular weight is 450 g/mol. The fourth-order valence-electron chi connectivity index (χ4n) is 5.33. The quantitative estimate of drug-likeness (QED) is 0.268. The third-order valence-corrected chi connectivity index (χ3v) is 6.95. The number of furan rings is 1. The summed E-state index contributed by atoms with van der Waals surface area (Å²) in [6.45, 7) is 0. The van der Waals surface area contributed by atoms with E-state index in [0.29, 0.717) is 0 Å². The Labute approximate surface area is 200 Å². The molecule has 0 aliphatic heterocycles. The zero-order valence-electron chi connectivity index (χ0n) is 18.7. The molecule has 4 heteroatoms. The van der Waals surface area contributed by atoms with Gasteiger partial charge in [-0.2, -0.15) is 0 Å². The summed E-state index contributed by atoms with van der Waals surface area (Å²) in [5, 5.41) is 3.45.